The third-order valence-corrected chi connectivity index (χ3v) is 10.4. The predicted octanol–water partition coefficient (Wildman–Crippen LogP) is 4.47. The first kappa shape index (κ1) is 16.4. The van der Waals surface area contributed by atoms with E-state index in [-0.39, 0.29) is 17.0 Å². The van der Waals surface area contributed by atoms with Crippen LogP contribution in [0.25, 0.3) is 0 Å². The number of allylic oxidation sites excluding steroid dienone is 1. The van der Waals surface area contributed by atoms with Gasteiger partial charge in [-0.15, -0.1) is 0 Å². The monoisotopic (exact) mass is 378 g/mol. The summed E-state index contributed by atoms with van der Waals surface area (Å²) in [5, 5.41) is 0. The molecule has 0 aromatic rings. The zero-order valence-electron chi connectivity index (χ0n) is 16.7. The number of fused-ring (bicyclic) bond motifs is 9. The Kier molecular flexibility index (Phi) is 2.94. The summed E-state index contributed by atoms with van der Waals surface area (Å²) in [6.07, 6.45) is 15.4. The van der Waals surface area contributed by atoms with Crippen LogP contribution in [0.1, 0.15) is 58.3 Å². The Bertz CT molecular complexity index is 850. The quantitative estimate of drug-likeness (QED) is 0.632. The standard InChI is InChI=1S/C25H30O3/c1-24-8-6-17-16-5-4-15(26)10-14(16)11-18(13-2-3-13)22(17)23(24)19-12-20(19)25(24)9-7-21(27)28-25/h7,9-10,13,16-20,22-23H,2-6,8,11-12H2,1H3/t16-,17?,18+,19+,20-,22?,23?,24-,25-/m0/s1. The first-order valence-electron chi connectivity index (χ1n) is 11.7. The summed E-state index contributed by atoms with van der Waals surface area (Å²) in [4.78, 5) is 24.3. The minimum Gasteiger partial charge on any atom is -0.451 e. The molecule has 3 heteroatoms. The summed E-state index contributed by atoms with van der Waals surface area (Å²) >= 11 is 0. The molecule has 9 atom stereocenters. The van der Waals surface area contributed by atoms with Crippen molar-refractivity contribution in [2.45, 2.75) is 63.9 Å². The van der Waals surface area contributed by atoms with Crippen LogP contribution < -0.4 is 0 Å². The molecule has 0 amide bonds. The van der Waals surface area contributed by atoms with Crippen molar-refractivity contribution in [3.63, 3.8) is 0 Å². The highest BCUT2D eigenvalue weighted by atomic mass is 16.6. The number of rotatable bonds is 1. The molecule has 1 spiro atoms. The van der Waals surface area contributed by atoms with Crippen molar-refractivity contribution in [3.05, 3.63) is 23.8 Å². The fourth-order valence-electron chi connectivity index (χ4n) is 9.23. The lowest BCUT2D eigenvalue weighted by Gasteiger charge is -2.59. The van der Waals surface area contributed by atoms with Gasteiger partial charge in [0.05, 0.1) is 0 Å². The van der Waals surface area contributed by atoms with Crippen molar-refractivity contribution in [3.8, 4) is 0 Å². The van der Waals surface area contributed by atoms with Crippen LogP contribution in [0.3, 0.4) is 0 Å². The molecule has 1 aliphatic heterocycles. The van der Waals surface area contributed by atoms with E-state index in [9.17, 15) is 9.59 Å². The minimum absolute atomic E-state index is 0.114. The van der Waals surface area contributed by atoms with Gasteiger partial charge >= 0.3 is 5.97 Å². The van der Waals surface area contributed by atoms with Crippen LogP contribution in [0.2, 0.25) is 0 Å². The maximum absolute atomic E-state index is 12.1. The molecule has 0 aromatic carbocycles. The molecular weight excluding hydrogens is 348 g/mol. The van der Waals surface area contributed by atoms with Gasteiger partial charge in [-0.25, -0.2) is 4.79 Å². The average Bonchev–Trinajstić information content (AvgIpc) is 3.59. The molecule has 0 saturated heterocycles. The Labute approximate surface area is 167 Å². The second kappa shape index (κ2) is 5.02. The highest BCUT2D eigenvalue weighted by molar-refractivity contribution is 5.91. The van der Waals surface area contributed by atoms with Gasteiger partial charge in [-0.3, -0.25) is 4.79 Å². The Morgan fingerprint density at radius 3 is 2.68 bits per heavy atom. The van der Waals surface area contributed by atoms with Crippen LogP contribution in [0, 0.1) is 52.8 Å². The maximum Gasteiger partial charge on any atom is 0.331 e. The zero-order valence-corrected chi connectivity index (χ0v) is 16.7. The van der Waals surface area contributed by atoms with Gasteiger partial charge < -0.3 is 4.74 Å². The SMILES string of the molecule is C[C@]12CCC3C(C1[C@@H]1C[C@@H]1[C@@]21C=CC(=O)O1)[C@@H](C1CC1)CC1=CC(=O)CC[C@@H]13. The Balaban J connectivity index is 1.33. The summed E-state index contributed by atoms with van der Waals surface area (Å²) in [6, 6.07) is 0. The van der Waals surface area contributed by atoms with Crippen LogP contribution in [0.5, 0.6) is 0 Å². The number of esters is 1. The first-order valence-corrected chi connectivity index (χ1v) is 11.7. The number of hydrogen-bond acceptors (Lipinski definition) is 3. The molecule has 7 aliphatic rings. The molecule has 148 valence electrons. The summed E-state index contributed by atoms with van der Waals surface area (Å²) in [7, 11) is 0. The van der Waals surface area contributed by atoms with E-state index >= 15 is 0 Å². The lowest BCUT2D eigenvalue weighted by atomic mass is 9.46. The molecule has 5 fully saturated rings. The Morgan fingerprint density at radius 1 is 1.07 bits per heavy atom. The Hall–Kier alpha value is -1.38. The third-order valence-electron chi connectivity index (χ3n) is 10.4. The fraction of sp³-hybridized carbons (Fsp3) is 0.760. The van der Waals surface area contributed by atoms with Crippen molar-refractivity contribution in [2.75, 3.05) is 0 Å². The molecule has 3 nitrogen and oxygen atoms in total. The van der Waals surface area contributed by atoms with Crippen LogP contribution >= 0.6 is 0 Å². The normalized spacial score (nSPS) is 55.9. The second-order valence-electron chi connectivity index (χ2n) is 11.3. The maximum atomic E-state index is 12.1. The second-order valence-corrected chi connectivity index (χ2v) is 11.3. The number of hydrogen-bond donors (Lipinski definition) is 0. The smallest absolute Gasteiger partial charge is 0.331 e. The summed E-state index contributed by atoms with van der Waals surface area (Å²) < 4.78 is 6.14. The molecule has 6 aliphatic carbocycles. The van der Waals surface area contributed by atoms with Gasteiger partial charge in [0.1, 0.15) is 5.60 Å². The van der Waals surface area contributed by atoms with Gasteiger partial charge in [0.25, 0.3) is 0 Å². The molecular formula is C25H30O3. The van der Waals surface area contributed by atoms with E-state index in [0.29, 0.717) is 23.5 Å². The highest BCUT2D eigenvalue weighted by Gasteiger charge is 2.78. The number of carbonyl (C=O) groups excluding carboxylic acids is 2. The van der Waals surface area contributed by atoms with Crippen LogP contribution in [0.4, 0.5) is 0 Å². The molecule has 5 saturated carbocycles. The average molecular weight is 379 g/mol. The molecule has 0 aromatic heterocycles. The molecule has 3 unspecified atom stereocenters. The van der Waals surface area contributed by atoms with E-state index in [4.69, 9.17) is 4.74 Å². The summed E-state index contributed by atoms with van der Waals surface area (Å²) in [5.74, 6) is 6.11. The largest absolute Gasteiger partial charge is 0.451 e. The zero-order chi connectivity index (χ0) is 18.8. The molecule has 7 rings (SSSR count). The van der Waals surface area contributed by atoms with E-state index in [2.05, 4.69) is 13.0 Å². The van der Waals surface area contributed by atoms with Crippen LogP contribution in [0.15, 0.2) is 23.8 Å². The third kappa shape index (κ3) is 1.83. The number of carbonyl (C=O) groups is 2. The number of ketones is 1. The van der Waals surface area contributed by atoms with E-state index in [1.165, 1.54) is 44.1 Å². The van der Waals surface area contributed by atoms with E-state index in [1.807, 2.05) is 6.08 Å². The topological polar surface area (TPSA) is 43.4 Å². The van der Waals surface area contributed by atoms with Gasteiger partial charge in [-0.05, 0) is 98.5 Å². The van der Waals surface area contributed by atoms with Crippen LogP contribution in [-0.2, 0) is 14.3 Å². The minimum atomic E-state index is -0.308. The lowest BCUT2D eigenvalue weighted by molar-refractivity contribution is -0.170. The lowest BCUT2D eigenvalue weighted by Crippen LogP contribution is -2.56. The molecule has 0 N–H and O–H groups in total. The first-order chi connectivity index (χ1) is 13.5. The highest BCUT2D eigenvalue weighted by Crippen LogP contribution is 2.78. The fourth-order valence-corrected chi connectivity index (χ4v) is 9.23. The molecule has 0 radical (unpaired) electrons. The summed E-state index contributed by atoms with van der Waals surface area (Å²) in [6.45, 7) is 2.46. The number of ether oxygens (including phenoxy) is 1. The predicted molar refractivity (Wildman–Crippen MR) is 104 cm³/mol. The van der Waals surface area contributed by atoms with Gasteiger partial charge in [0.2, 0.25) is 0 Å². The van der Waals surface area contributed by atoms with E-state index in [1.54, 1.807) is 6.08 Å². The van der Waals surface area contributed by atoms with Crippen molar-refractivity contribution < 1.29 is 14.3 Å². The van der Waals surface area contributed by atoms with E-state index < -0.39 is 0 Å². The molecule has 1 heterocycles. The van der Waals surface area contributed by atoms with Crippen molar-refractivity contribution in [1.29, 1.82) is 0 Å². The molecule has 0 bridgehead atoms. The van der Waals surface area contributed by atoms with Crippen molar-refractivity contribution in [2.24, 2.45) is 52.8 Å². The van der Waals surface area contributed by atoms with Gasteiger partial charge in [-0.1, -0.05) is 12.5 Å². The van der Waals surface area contributed by atoms with Gasteiger partial charge in [-0.2, -0.15) is 0 Å². The van der Waals surface area contributed by atoms with E-state index in [0.717, 1.165) is 42.4 Å². The van der Waals surface area contributed by atoms with Gasteiger partial charge in [0.15, 0.2) is 5.78 Å². The van der Waals surface area contributed by atoms with Crippen LogP contribution in [-0.4, -0.2) is 17.4 Å². The summed E-state index contributed by atoms with van der Waals surface area (Å²) in [5.41, 5.74) is 1.31. The molecule has 28 heavy (non-hydrogen) atoms. The van der Waals surface area contributed by atoms with Gasteiger partial charge in [0, 0.05) is 23.8 Å². The van der Waals surface area contributed by atoms with Crippen molar-refractivity contribution in [1.82, 2.24) is 0 Å². The Morgan fingerprint density at radius 2 is 1.93 bits per heavy atom. The van der Waals surface area contributed by atoms with Crippen molar-refractivity contribution >= 4 is 11.8 Å².